The molecule has 0 saturated carbocycles. The molecule has 0 bridgehead atoms. The van der Waals surface area contributed by atoms with Crippen molar-refractivity contribution in [1.29, 1.82) is 0 Å². The van der Waals surface area contributed by atoms with Crippen molar-refractivity contribution >= 4 is 0 Å². The first-order valence-corrected chi connectivity index (χ1v) is 2.71. The van der Waals surface area contributed by atoms with E-state index in [2.05, 4.69) is 0 Å². The maximum atomic E-state index is 7.18. The molecule has 0 aliphatic heterocycles. The highest BCUT2D eigenvalue weighted by Gasteiger charge is 2.26. The van der Waals surface area contributed by atoms with Crippen molar-refractivity contribution in [2.24, 2.45) is 11.5 Å². The zero-order chi connectivity index (χ0) is 6.78. The van der Waals surface area contributed by atoms with E-state index in [-0.39, 0.29) is 6.10 Å². The van der Waals surface area contributed by atoms with E-state index < -0.39 is 5.54 Å². The molecular formula is C5H15N2O+. The molecule has 50 valence electrons. The molecule has 0 aromatic carbocycles. The van der Waals surface area contributed by atoms with Crippen LogP contribution in [0.5, 0.6) is 0 Å². The van der Waals surface area contributed by atoms with E-state index in [1.165, 1.54) is 0 Å². The summed E-state index contributed by atoms with van der Waals surface area (Å²) in [6.45, 7) is 3.90. The first kappa shape index (κ1) is 7.88. The molecule has 0 saturated heterocycles. The fourth-order valence-corrected chi connectivity index (χ4v) is 0.177. The van der Waals surface area contributed by atoms with Crippen LogP contribution in [-0.4, -0.2) is 23.3 Å². The Bertz CT molecular complexity index is 70.8. The van der Waals surface area contributed by atoms with Crippen LogP contribution in [0.1, 0.15) is 13.8 Å². The van der Waals surface area contributed by atoms with Gasteiger partial charge >= 0.3 is 0 Å². The Morgan fingerprint density at radius 2 is 2.12 bits per heavy atom. The summed E-state index contributed by atoms with van der Waals surface area (Å²) in [6.07, 6.45) is -0.285. The van der Waals surface area contributed by atoms with Crippen LogP contribution in [0.4, 0.5) is 0 Å². The van der Waals surface area contributed by atoms with Crippen LogP contribution < -0.4 is 11.5 Å². The molecular weight excluding hydrogens is 104 g/mol. The Morgan fingerprint density at radius 1 is 1.75 bits per heavy atom. The van der Waals surface area contributed by atoms with Gasteiger partial charge in [-0.15, -0.1) is 0 Å². The van der Waals surface area contributed by atoms with Gasteiger partial charge in [0, 0.05) is 13.5 Å². The van der Waals surface area contributed by atoms with Gasteiger partial charge in [-0.25, -0.2) is 0 Å². The van der Waals surface area contributed by atoms with E-state index in [9.17, 15) is 0 Å². The molecule has 0 spiro atoms. The molecule has 0 aromatic heterocycles. The van der Waals surface area contributed by atoms with E-state index in [0.717, 1.165) is 0 Å². The molecule has 3 heteroatoms. The second-order valence-corrected chi connectivity index (χ2v) is 2.43. The van der Waals surface area contributed by atoms with Crippen LogP contribution in [0.3, 0.4) is 0 Å². The lowest BCUT2D eigenvalue weighted by Crippen LogP contribution is -2.52. The third-order valence-corrected chi connectivity index (χ3v) is 1.43. The minimum absolute atomic E-state index is 0.285. The first-order valence-electron chi connectivity index (χ1n) is 2.71. The molecule has 2 unspecified atom stereocenters. The Labute approximate surface area is 49.7 Å². The van der Waals surface area contributed by atoms with Gasteiger partial charge in [-0.05, 0) is 6.92 Å². The number of hydrogen-bond donors (Lipinski definition) is 2. The van der Waals surface area contributed by atoms with Gasteiger partial charge in [-0.1, -0.05) is 0 Å². The maximum absolute atomic E-state index is 7.18. The van der Waals surface area contributed by atoms with E-state index in [4.69, 9.17) is 16.6 Å². The van der Waals surface area contributed by atoms with Gasteiger partial charge in [-0.2, -0.15) is 0 Å². The predicted octanol–water partition coefficient (Wildman–Crippen LogP) is -1.22. The van der Waals surface area contributed by atoms with Crippen molar-refractivity contribution < 1.29 is 5.11 Å². The molecule has 8 heavy (non-hydrogen) atoms. The topological polar surface area (TPSA) is 74.9 Å². The van der Waals surface area contributed by atoms with Crippen LogP contribution >= 0.6 is 0 Å². The van der Waals surface area contributed by atoms with Gasteiger partial charge in [0.1, 0.15) is 0 Å². The van der Waals surface area contributed by atoms with Gasteiger partial charge in [0.05, 0.1) is 5.54 Å². The highest BCUT2D eigenvalue weighted by molar-refractivity contribution is 4.84. The second-order valence-electron chi connectivity index (χ2n) is 2.43. The summed E-state index contributed by atoms with van der Waals surface area (Å²) >= 11 is 0. The van der Waals surface area contributed by atoms with E-state index >= 15 is 0 Å². The molecule has 0 fully saturated rings. The zero-order valence-corrected chi connectivity index (χ0v) is 5.44. The number of hydrogen-bond acceptors (Lipinski definition) is 2. The normalized spacial score (nSPS) is 22.1. The fourth-order valence-electron chi connectivity index (χ4n) is 0.177. The standard InChI is InChI=1S/C5H14N2O/c1-4(8)5(2,7)3-6/h4,8H,3,6-7H2,1-2H3/p+1. The first-order chi connectivity index (χ1) is 3.50. The van der Waals surface area contributed by atoms with Crippen LogP contribution in [0.15, 0.2) is 0 Å². The highest BCUT2D eigenvalue weighted by Crippen LogP contribution is 2.01. The third-order valence-electron chi connectivity index (χ3n) is 1.43. The molecule has 0 aliphatic carbocycles. The van der Waals surface area contributed by atoms with Crippen molar-refractivity contribution in [1.82, 2.24) is 0 Å². The van der Waals surface area contributed by atoms with Crippen LogP contribution in [-0.2, 0) is 0 Å². The quantitative estimate of drug-likeness (QED) is 0.447. The molecule has 0 heterocycles. The molecule has 0 amide bonds. The van der Waals surface area contributed by atoms with Crippen LogP contribution in [0.2, 0.25) is 0 Å². The fraction of sp³-hybridized carbons (Fsp3) is 1.00. The largest absolute Gasteiger partial charge is 0.442 e. The smallest absolute Gasteiger partial charge is 0.170 e. The predicted molar refractivity (Wildman–Crippen MR) is 34.7 cm³/mol. The van der Waals surface area contributed by atoms with Crippen molar-refractivity contribution in [2.75, 3.05) is 6.54 Å². The van der Waals surface area contributed by atoms with Gasteiger partial charge in [-0.3, -0.25) is 0 Å². The van der Waals surface area contributed by atoms with Gasteiger partial charge in [0.15, 0.2) is 6.10 Å². The SMILES string of the molecule is CC([OH2+])C(C)(N)CN. The van der Waals surface area contributed by atoms with Crippen LogP contribution in [0.25, 0.3) is 0 Å². The lowest BCUT2D eigenvalue weighted by molar-refractivity contribution is 0.116. The third kappa shape index (κ3) is 1.78. The average Bonchev–Trinajstić information content (AvgIpc) is 1.67. The van der Waals surface area contributed by atoms with Gasteiger partial charge in [0.25, 0.3) is 0 Å². The summed E-state index contributed by atoms with van der Waals surface area (Å²) in [4.78, 5) is 0. The Kier molecular flexibility index (Phi) is 2.40. The molecule has 6 N–H and O–H groups in total. The number of nitrogens with two attached hydrogens (primary N) is 2. The van der Waals surface area contributed by atoms with Crippen molar-refractivity contribution in [3.63, 3.8) is 0 Å². The average molecular weight is 119 g/mol. The van der Waals surface area contributed by atoms with E-state index in [1.807, 2.05) is 0 Å². The summed E-state index contributed by atoms with van der Waals surface area (Å²) in [5.41, 5.74) is 10.3. The summed E-state index contributed by atoms with van der Waals surface area (Å²) in [5.74, 6) is 0. The monoisotopic (exact) mass is 119 g/mol. The molecule has 3 nitrogen and oxygen atoms in total. The van der Waals surface area contributed by atoms with E-state index in [1.54, 1.807) is 13.8 Å². The Balaban J connectivity index is 3.71. The summed E-state index contributed by atoms with van der Waals surface area (Å²) < 4.78 is 0. The lowest BCUT2D eigenvalue weighted by Gasteiger charge is -2.21. The van der Waals surface area contributed by atoms with Gasteiger partial charge in [0.2, 0.25) is 0 Å². The molecule has 0 aliphatic rings. The Hall–Kier alpha value is -0.120. The summed E-state index contributed by atoms with van der Waals surface area (Å²) in [6, 6.07) is 0. The summed E-state index contributed by atoms with van der Waals surface area (Å²) in [5, 5.41) is 7.18. The summed E-state index contributed by atoms with van der Waals surface area (Å²) in [7, 11) is 0. The van der Waals surface area contributed by atoms with Crippen LogP contribution in [0, 0.1) is 0 Å². The maximum Gasteiger partial charge on any atom is 0.170 e. The highest BCUT2D eigenvalue weighted by atomic mass is 16.3. The van der Waals surface area contributed by atoms with Gasteiger partial charge < -0.3 is 16.6 Å². The van der Waals surface area contributed by atoms with Crippen molar-refractivity contribution in [3.8, 4) is 0 Å². The molecule has 2 atom stereocenters. The second kappa shape index (κ2) is 2.44. The minimum Gasteiger partial charge on any atom is -0.442 e. The molecule has 0 radical (unpaired) electrons. The van der Waals surface area contributed by atoms with Crippen molar-refractivity contribution in [2.45, 2.75) is 25.5 Å². The molecule has 0 aromatic rings. The molecule has 0 rings (SSSR count). The minimum atomic E-state index is -0.514. The zero-order valence-electron chi connectivity index (χ0n) is 5.44. The Morgan fingerprint density at radius 3 is 2.12 bits per heavy atom. The van der Waals surface area contributed by atoms with Crippen molar-refractivity contribution in [3.05, 3.63) is 0 Å². The number of rotatable bonds is 2. The lowest BCUT2D eigenvalue weighted by atomic mass is 9.98. The van der Waals surface area contributed by atoms with E-state index in [0.29, 0.717) is 6.54 Å².